The molecule has 1 aromatic rings. The molecule has 0 aliphatic carbocycles. The van der Waals surface area contributed by atoms with E-state index in [2.05, 4.69) is 10.2 Å². The number of imide groups is 1. The van der Waals surface area contributed by atoms with Crippen molar-refractivity contribution >= 4 is 17.8 Å². The minimum atomic E-state index is -1.06. The van der Waals surface area contributed by atoms with Gasteiger partial charge in [-0.2, -0.15) is 0 Å². The quantitative estimate of drug-likeness (QED) is 0.511. The molecular weight excluding hydrogens is 194 g/mol. The lowest BCUT2D eigenvalue weighted by Crippen LogP contribution is -2.34. The van der Waals surface area contributed by atoms with Gasteiger partial charge in [0.25, 0.3) is 5.91 Å². The fourth-order valence-corrected chi connectivity index (χ4v) is 0.721. The molecule has 0 saturated carbocycles. The highest BCUT2D eigenvalue weighted by Gasteiger charge is 2.17. The summed E-state index contributed by atoms with van der Waals surface area (Å²) in [6.07, 6.45) is 0. The summed E-state index contributed by atoms with van der Waals surface area (Å²) < 4.78 is 4.49. The summed E-state index contributed by atoms with van der Waals surface area (Å²) in [6, 6.07) is 1.00. The van der Waals surface area contributed by atoms with Gasteiger partial charge in [0.15, 0.2) is 5.76 Å². The minimum Gasteiger partial charge on any atom is -0.395 e. The summed E-state index contributed by atoms with van der Waals surface area (Å²) in [5.41, 5.74) is 4.65. The maximum absolute atomic E-state index is 11.0. The largest absolute Gasteiger partial charge is 0.433 e. The highest BCUT2D eigenvalue weighted by atomic mass is 16.6. The van der Waals surface area contributed by atoms with Crippen molar-refractivity contribution in [3.05, 3.63) is 28.0 Å². The molecule has 0 aliphatic heterocycles. The Morgan fingerprint density at radius 3 is 2.57 bits per heavy atom. The molecule has 0 bridgehead atoms. The SMILES string of the molecule is NC(=O)NC(=O)c1ccc([N+](=O)[O-])o1. The molecule has 0 fully saturated rings. The molecule has 0 aromatic carbocycles. The highest BCUT2D eigenvalue weighted by Crippen LogP contribution is 2.14. The zero-order valence-electron chi connectivity index (χ0n) is 6.72. The van der Waals surface area contributed by atoms with Crippen LogP contribution in [-0.4, -0.2) is 16.9 Å². The minimum absolute atomic E-state index is 0.351. The lowest BCUT2D eigenvalue weighted by molar-refractivity contribution is -0.402. The molecule has 0 saturated heterocycles. The van der Waals surface area contributed by atoms with Crippen LogP contribution in [0.4, 0.5) is 10.7 Å². The van der Waals surface area contributed by atoms with Crippen molar-refractivity contribution in [2.24, 2.45) is 5.73 Å². The lowest BCUT2D eigenvalue weighted by Gasteiger charge is -1.94. The number of nitrogens with one attached hydrogen (secondary N) is 1. The van der Waals surface area contributed by atoms with E-state index < -0.39 is 22.7 Å². The fourth-order valence-electron chi connectivity index (χ4n) is 0.721. The molecule has 0 aliphatic rings. The normalized spacial score (nSPS) is 9.43. The molecule has 8 nitrogen and oxygen atoms in total. The Hall–Kier alpha value is -2.38. The molecule has 14 heavy (non-hydrogen) atoms. The van der Waals surface area contributed by atoms with Gasteiger partial charge in [-0.1, -0.05) is 0 Å². The summed E-state index contributed by atoms with van der Waals surface area (Å²) in [4.78, 5) is 30.5. The van der Waals surface area contributed by atoms with E-state index in [9.17, 15) is 19.7 Å². The van der Waals surface area contributed by atoms with Gasteiger partial charge in [0.2, 0.25) is 0 Å². The Labute approximate surface area is 76.8 Å². The monoisotopic (exact) mass is 199 g/mol. The average molecular weight is 199 g/mol. The number of hydrogen-bond acceptors (Lipinski definition) is 5. The number of amides is 3. The molecular formula is C6H5N3O5. The molecule has 0 radical (unpaired) electrons. The summed E-state index contributed by atoms with van der Waals surface area (Å²) >= 11 is 0. The van der Waals surface area contributed by atoms with Crippen molar-refractivity contribution < 1.29 is 18.9 Å². The molecule has 1 rings (SSSR count). The number of nitro groups is 1. The van der Waals surface area contributed by atoms with Crippen LogP contribution in [0.15, 0.2) is 16.5 Å². The van der Waals surface area contributed by atoms with Crippen LogP contribution < -0.4 is 11.1 Å². The summed E-state index contributed by atoms with van der Waals surface area (Å²) in [5.74, 6) is -1.86. The Morgan fingerprint density at radius 2 is 2.14 bits per heavy atom. The third kappa shape index (κ3) is 2.06. The second kappa shape index (κ2) is 3.56. The second-order valence-corrected chi connectivity index (χ2v) is 2.21. The highest BCUT2D eigenvalue weighted by molar-refractivity contribution is 6.02. The fraction of sp³-hybridized carbons (Fsp3) is 0. The van der Waals surface area contributed by atoms with Crippen LogP contribution in [-0.2, 0) is 0 Å². The van der Waals surface area contributed by atoms with E-state index in [4.69, 9.17) is 0 Å². The van der Waals surface area contributed by atoms with Crippen LogP contribution >= 0.6 is 0 Å². The standard InChI is InChI=1S/C6H5N3O5/c7-6(11)8-5(10)3-1-2-4(14-3)9(12)13/h1-2H,(H3,7,8,10,11). The predicted octanol–water partition coefficient (Wildman–Crippen LogP) is -0.00370. The van der Waals surface area contributed by atoms with Crippen molar-refractivity contribution in [3.63, 3.8) is 0 Å². The van der Waals surface area contributed by atoms with Gasteiger partial charge in [-0.25, -0.2) is 4.79 Å². The smallest absolute Gasteiger partial charge is 0.395 e. The van der Waals surface area contributed by atoms with Gasteiger partial charge in [0.05, 0.1) is 6.07 Å². The summed E-state index contributed by atoms with van der Waals surface area (Å²) in [7, 11) is 0. The lowest BCUT2D eigenvalue weighted by atomic mass is 10.4. The van der Waals surface area contributed by atoms with Crippen molar-refractivity contribution in [1.29, 1.82) is 0 Å². The van der Waals surface area contributed by atoms with Crippen LogP contribution in [0.5, 0.6) is 0 Å². The third-order valence-electron chi connectivity index (χ3n) is 1.23. The number of carbonyl (C=O) groups is 2. The van der Waals surface area contributed by atoms with Gasteiger partial charge in [-0.3, -0.25) is 20.2 Å². The van der Waals surface area contributed by atoms with Crippen molar-refractivity contribution in [3.8, 4) is 0 Å². The van der Waals surface area contributed by atoms with Gasteiger partial charge in [-0.15, -0.1) is 0 Å². The summed E-state index contributed by atoms with van der Waals surface area (Å²) in [6.45, 7) is 0. The number of nitrogens with zero attached hydrogens (tertiary/aromatic N) is 1. The Kier molecular flexibility index (Phi) is 2.47. The number of hydrogen-bond donors (Lipinski definition) is 2. The Bertz CT molecular complexity index is 396. The van der Waals surface area contributed by atoms with E-state index in [0.717, 1.165) is 12.1 Å². The number of primary amides is 1. The van der Waals surface area contributed by atoms with Crippen molar-refractivity contribution in [1.82, 2.24) is 5.32 Å². The van der Waals surface area contributed by atoms with E-state index in [1.807, 2.05) is 0 Å². The molecule has 3 amide bonds. The number of urea groups is 1. The first-order chi connectivity index (χ1) is 6.50. The number of furan rings is 1. The molecule has 0 unspecified atom stereocenters. The first kappa shape index (κ1) is 9.71. The molecule has 0 atom stereocenters. The molecule has 74 valence electrons. The van der Waals surface area contributed by atoms with Gasteiger partial charge in [0.1, 0.15) is 4.92 Å². The zero-order chi connectivity index (χ0) is 10.7. The zero-order valence-corrected chi connectivity index (χ0v) is 6.72. The van der Waals surface area contributed by atoms with Crippen LogP contribution in [0.3, 0.4) is 0 Å². The second-order valence-electron chi connectivity index (χ2n) is 2.21. The number of nitrogens with two attached hydrogens (primary N) is 1. The molecule has 0 spiro atoms. The van der Waals surface area contributed by atoms with Gasteiger partial charge in [-0.05, 0) is 6.07 Å². The molecule has 3 N–H and O–H groups in total. The Morgan fingerprint density at radius 1 is 1.50 bits per heavy atom. The Balaban J connectivity index is 2.81. The number of carbonyl (C=O) groups excluding carboxylic acids is 2. The average Bonchev–Trinajstić information content (AvgIpc) is 2.50. The van der Waals surface area contributed by atoms with E-state index in [1.54, 1.807) is 5.32 Å². The van der Waals surface area contributed by atoms with Gasteiger partial charge < -0.3 is 10.2 Å². The maximum Gasteiger partial charge on any atom is 0.433 e. The molecule has 8 heteroatoms. The van der Waals surface area contributed by atoms with E-state index in [-0.39, 0.29) is 5.76 Å². The van der Waals surface area contributed by atoms with Crippen molar-refractivity contribution in [2.45, 2.75) is 0 Å². The van der Waals surface area contributed by atoms with E-state index in [1.165, 1.54) is 0 Å². The van der Waals surface area contributed by atoms with Crippen LogP contribution in [0.25, 0.3) is 0 Å². The maximum atomic E-state index is 11.0. The molecule has 1 heterocycles. The van der Waals surface area contributed by atoms with E-state index in [0.29, 0.717) is 0 Å². The van der Waals surface area contributed by atoms with Gasteiger partial charge in [0, 0.05) is 0 Å². The molecule has 1 aromatic heterocycles. The summed E-state index contributed by atoms with van der Waals surface area (Å²) in [5, 5.41) is 11.8. The number of rotatable bonds is 2. The third-order valence-corrected chi connectivity index (χ3v) is 1.23. The van der Waals surface area contributed by atoms with Crippen LogP contribution in [0, 0.1) is 10.1 Å². The van der Waals surface area contributed by atoms with E-state index >= 15 is 0 Å². The topological polar surface area (TPSA) is 128 Å². The first-order valence-corrected chi connectivity index (χ1v) is 3.35. The predicted molar refractivity (Wildman–Crippen MR) is 42.4 cm³/mol. The van der Waals surface area contributed by atoms with Crippen molar-refractivity contribution in [2.75, 3.05) is 0 Å². The first-order valence-electron chi connectivity index (χ1n) is 3.35. The van der Waals surface area contributed by atoms with Crippen LogP contribution in [0.1, 0.15) is 10.6 Å². The van der Waals surface area contributed by atoms with Gasteiger partial charge >= 0.3 is 11.9 Å². The van der Waals surface area contributed by atoms with Crippen LogP contribution in [0.2, 0.25) is 0 Å².